The molecule has 2 aromatic carbocycles. The molecule has 1 aliphatic heterocycles. The average Bonchev–Trinajstić information content (AvgIpc) is 2.67. The van der Waals surface area contributed by atoms with Crippen LogP contribution in [0.2, 0.25) is 0 Å². The molecule has 2 aromatic rings. The van der Waals surface area contributed by atoms with Crippen LogP contribution < -0.4 is 10.1 Å². The Labute approximate surface area is 168 Å². The van der Waals surface area contributed by atoms with Gasteiger partial charge in [0.2, 0.25) is 0 Å². The second kappa shape index (κ2) is 9.71. The molecule has 0 unspecified atom stereocenters. The molecule has 1 N–H and O–H groups in total. The van der Waals surface area contributed by atoms with Crippen LogP contribution in [0.25, 0.3) is 0 Å². The van der Waals surface area contributed by atoms with Crippen molar-refractivity contribution in [2.24, 2.45) is 0 Å². The number of hydrogen-bond donors (Lipinski definition) is 1. The third-order valence-electron chi connectivity index (χ3n) is 4.41. The van der Waals surface area contributed by atoms with Gasteiger partial charge in [0, 0.05) is 42.9 Å². The molecule has 28 heavy (non-hydrogen) atoms. The Balaban J connectivity index is 1.52. The number of thioether (sulfide) groups is 1. The van der Waals surface area contributed by atoms with E-state index >= 15 is 0 Å². The first kappa shape index (κ1) is 20.4. The number of ketones is 1. The van der Waals surface area contributed by atoms with E-state index in [2.05, 4.69) is 10.2 Å². The zero-order valence-electron chi connectivity index (χ0n) is 15.7. The van der Waals surface area contributed by atoms with Gasteiger partial charge in [-0.3, -0.25) is 14.5 Å². The summed E-state index contributed by atoms with van der Waals surface area (Å²) in [5, 5.41) is 2.80. The van der Waals surface area contributed by atoms with Crippen molar-refractivity contribution in [3.63, 3.8) is 0 Å². The fraction of sp³-hybridized carbons (Fsp3) is 0.333. The van der Waals surface area contributed by atoms with Crippen molar-refractivity contribution in [1.82, 2.24) is 4.90 Å². The van der Waals surface area contributed by atoms with E-state index in [4.69, 9.17) is 4.74 Å². The first-order valence-corrected chi connectivity index (χ1v) is 10.3. The molecule has 1 heterocycles. The Bertz CT molecular complexity index is 853. The Morgan fingerprint density at radius 3 is 2.68 bits per heavy atom. The van der Waals surface area contributed by atoms with Gasteiger partial charge in [-0.25, -0.2) is 4.39 Å². The van der Waals surface area contributed by atoms with Crippen molar-refractivity contribution >= 4 is 29.1 Å². The number of halogens is 1. The molecular weight excluding hydrogens is 379 g/mol. The number of nitrogens with zero attached hydrogens (tertiary/aromatic N) is 1. The summed E-state index contributed by atoms with van der Waals surface area (Å²) in [6.45, 7) is 4.07. The summed E-state index contributed by atoms with van der Waals surface area (Å²) in [6.07, 6.45) is 0. The summed E-state index contributed by atoms with van der Waals surface area (Å²) >= 11 is 1.97. The van der Waals surface area contributed by atoms with Crippen LogP contribution in [0.5, 0.6) is 5.75 Å². The molecule has 0 spiro atoms. The van der Waals surface area contributed by atoms with Crippen LogP contribution in [0.1, 0.15) is 22.8 Å². The zero-order valence-corrected chi connectivity index (χ0v) is 16.6. The molecular formula is C21H23FN2O3S. The standard InChI is InChI=1S/C21H23FN2O3S/c1-15(25)19-6-5-18(12-20(19)22)27-14-21(26)23-17-4-2-3-16(11-17)13-24-7-9-28-10-8-24/h2-6,11-12H,7-10,13-14H2,1H3,(H,23,26). The second-order valence-corrected chi connectivity index (χ2v) is 7.85. The normalized spacial score (nSPS) is 14.5. The van der Waals surface area contributed by atoms with Crippen LogP contribution in [-0.4, -0.2) is 47.8 Å². The molecule has 0 aromatic heterocycles. The van der Waals surface area contributed by atoms with Crippen molar-refractivity contribution < 1.29 is 18.7 Å². The van der Waals surface area contributed by atoms with Gasteiger partial charge in [0.25, 0.3) is 5.91 Å². The van der Waals surface area contributed by atoms with Crippen molar-refractivity contribution in [2.45, 2.75) is 13.5 Å². The lowest BCUT2D eigenvalue weighted by molar-refractivity contribution is -0.118. The number of ether oxygens (including phenoxy) is 1. The minimum absolute atomic E-state index is 0.000848. The maximum Gasteiger partial charge on any atom is 0.262 e. The lowest BCUT2D eigenvalue weighted by Crippen LogP contribution is -2.32. The highest BCUT2D eigenvalue weighted by Crippen LogP contribution is 2.18. The molecule has 1 saturated heterocycles. The molecule has 0 radical (unpaired) electrons. The number of amides is 1. The first-order valence-electron chi connectivity index (χ1n) is 9.13. The molecule has 3 rings (SSSR count). The van der Waals surface area contributed by atoms with Crippen LogP contribution >= 0.6 is 11.8 Å². The summed E-state index contributed by atoms with van der Waals surface area (Å²) in [4.78, 5) is 25.8. The van der Waals surface area contributed by atoms with E-state index in [9.17, 15) is 14.0 Å². The molecule has 7 heteroatoms. The van der Waals surface area contributed by atoms with Gasteiger partial charge in [0.1, 0.15) is 11.6 Å². The predicted octanol–water partition coefficient (Wildman–Crippen LogP) is 3.59. The molecule has 0 aliphatic carbocycles. The van der Waals surface area contributed by atoms with E-state index in [0.717, 1.165) is 42.8 Å². The van der Waals surface area contributed by atoms with E-state index in [1.54, 1.807) is 0 Å². The predicted molar refractivity (Wildman–Crippen MR) is 110 cm³/mol. The summed E-state index contributed by atoms with van der Waals surface area (Å²) < 4.78 is 19.1. The molecule has 1 aliphatic rings. The van der Waals surface area contributed by atoms with Crippen molar-refractivity contribution in [1.29, 1.82) is 0 Å². The summed E-state index contributed by atoms with van der Waals surface area (Å²) in [7, 11) is 0. The van der Waals surface area contributed by atoms with E-state index in [1.165, 1.54) is 19.1 Å². The van der Waals surface area contributed by atoms with Crippen LogP contribution in [0.3, 0.4) is 0 Å². The largest absolute Gasteiger partial charge is 0.484 e. The highest BCUT2D eigenvalue weighted by molar-refractivity contribution is 7.99. The lowest BCUT2D eigenvalue weighted by Gasteiger charge is -2.26. The quantitative estimate of drug-likeness (QED) is 0.717. The third kappa shape index (κ3) is 5.81. The lowest BCUT2D eigenvalue weighted by atomic mass is 10.1. The van der Waals surface area contributed by atoms with Crippen LogP contribution in [-0.2, 0) is 11.3 Å². The smallest absolute Gasteiger partial charge is 0.262 e. The van der Waals surface area contributed by atoms with Gasteiger partial charge in [-0.15, -0.1) is 0 Å². The number of nitrogens with one attached hydrogen (secondary N) is 1. The topological polar surface area (TPSA) is 58.6 Å². The van der Waals surface area contributed by atoms with E-state index in [0.29, 0.717) is 5.69 Å². The maximum atomic E-state index is 13.8. The average molecular weight is 402 g/mol. The fourth-order valence-electron chi connectivity index (χ4n) is 2.98. The van der Waals surface area contributed by atoms with Crippen LogP contribution in [0.4, 0.5) is 10.1 Å². The van der Waals surface area contributed by atoms with Crippen molar-refractivity contribution in [3.8, 4) is 5.75 Å². The number of anilines is 1. The molecule has 0 atom stereocenters. The first-order chi connectivity index (χ1) is 13.5. The fourth-order valence-corrected chi connectivity index (χ4v) is 3.96. The molecule has 148 valence electrons. The number of rotatable bonds is 7. The summed E-state index contributed by atoms with van der Waals surface area (Å²) in [5.41, 5.74) is 1.85. The third-order valence-corrected chi connectivity index (χ3v) is 5.35. The van der Waals surface area contributed by atoms with Gasteiger partial charge < -0.3 is 10.1 Å². The minimum Gasteiger partial charge on any atom is -0.484 e. The summed E-state index contributed by atoms with van der Waals surface area (Å²) in [5.74, 6) is 1.17. The van der Waals surface area contributed by atoms with Crippen LogP contribution in [0, 0.1) is 5.82 Å². The van der Waals surface area contributed by atoms with E-state index in [1.807, 2.05) is 36.0 Å². The highest BCUT2D eigenvalue weighted by atomic mass is 32.2. The molecule has 0 bridgehead atoms. The Kier molecular flexibility index (Phi) is 7.06. The number of benzene rings is 2. The highest BCUT2D eigenvalue weighted by Gasteiger charge is 2.12. The Hall–Kier alpha value is -2.38. The molecule has 5 nitrogen and oxygen atoms in total. The number of carbonyl (C=O) groups is 2. The number of hydrogen-bond acceptors (Lipinski definition) is 5. The molecule has 1 amide bonds. The van der Waals surface area contributed by atoms with Gasteiger partial charge in [0.15, 0.2) is 12.4 Å². The molecule has 0 saturated carbocycles. The van der Waals surface area contributed by atoms with Gasteiger partial charge in [-0.2, -0.15) is 11.8 Å². The maximum absolute atomic E-state index is 13.8. The SMILES string of the molecule is CC(=O)c1ccc(OCC(=O)Nc2cccc(CN3CCSCC3)c2)cc1F. The van der Waals surface area contributed by atoms with Gasteiger partial charge in [-0.1, -0.05) is 12.1 Å². The summed E-state index contributed by atoms with van der Waals surface area (Å²) in [6, 6.07) is 11.7. The molecule has 1 fully saturated rings. The van der Waals surface area contributed by atoms with Gasteiger partial charge in [-0.05, 0) is 36.8 Å². The van der Waals surface area contributed by atoms with Gasteiger partial charge in [0.05, 0.1) is 5.56 Å². The Morgan fingerprint density at radius 1 is 1.18 bits per heavy atom. The van der Waals surface area contributed by atoms with Crippen LogP contribution in [0.15, 0.2) is 42.5 Å². The number of Topliss-reactive ketones (excluding diaryl/α,β-unsaturated/α-hetero) is 1. The second-order valence-electron chi connectivity index (χ2n) is 6.62. The van der Waals surface area contributed by atoms with Crippen molar-refractivity contribution in [2.75, 3.05) is 36.5 Å². The van der Waals surface area contributed by atoms with Gasteiger partial charge >= 0.3 is 0 Å². The van der Waals surface area contributed by atoms with E-state index < -0.39 is 5.82 Å². The zero-order chi connectivity index (χ0) is 19.9. The van der Waals surface area contributed by atoms with Crippen molar-refractivity contribution in [3.05, 3.63) is 59.4 Å². The minimum atomic E-state index is -0.658. The van der Waals surface area contributed by atoms with E-state index in [-0.39, 0.29) is 29.6 Å². The monoisotopic (exact) mass is 402 g/mol. The number of carbonyl (C=O) groups excluding carboxylic acids is 2. The Morgan fingerprint density at radius 2 is 1.96 bits per heavy atom.